The van der Waals surface area contributed by atoms with Crippen molar-refractivity contribution >= 4 is 34.9 Å². The molecule has 1 atom stereocenters. The normalized spacial score (nSPS) is 15.8. The molecule has 0 saturated carbocycles. The van der Waals surface area contributed by atoms with Gasteiger partial charge in [0.25, 0.3) is 5.91 Å². The number of thioether (sulfide) groups is 1. The van der Waals surface area contributed by atoms with E-state index in [9.17, 15) is 9.59 Å². The Morgan fingerprint density at radius 3 is 2.82 bits per heavy atom. The van der Waals surface area contributed by atoms with Crippen molar-refractivity contribution in [3.05, 3.63) is 39.8 Å². The summed E-state index contributed by atoms with van der Waals surface area (Å²) in [4.78, 5) is 26.8. The minimum Gasteiger partial charge on any atom is -0.461 e. The predicted octanol–water partition coefficient (Wildman–Crippen LogP) is 4.32. The molecular weight excluding hydrogens is 458 g/mol. The monoisotopic (exact) mass is 487 g/mol. The number of aryl methyl sites for hydroxylation is 1. The van der Waals surface area contributed by atoms with Gasteiger partial charge in [0.15, 0.2) is 16.7 Å². The van der Waals surface area contributed by atoms with Crippen molar-refractivity contribution in [3.63, 3.8) is 0 Å². The molecule has 1 aliphatic rings. The van der Waals surface area contributed by atoms with Gasteiger partial charge in [0.2, 0.25) is 5.91 Å². The second-order valence-electron chi connectivity index (χ2n) is 9.18. The van der Waals surface area contributed by atoms with Gasteiger partial charge < -0.3 is 4.42 Å². The summed E-state index contributed by atoms with van der Waals surface area (Å²) in [5.41, 5.74) is 6.58. The summed E-state index contributed by atoms with van der Waals surface area (Å²) in [6.45, 7) is 9.44. The third kappa shape index (κ3) is 5.33. The van der Waals surface area contributed by atoms with Crippen LogP contribution < -0.4 is 10.9 Å². The average Bonchev–Trinajstić information content (AvgIpc) is 3.53. The maximum Gasteiger partial charge on any atom is 0.279 e. The Labute approximate surface area is 201 Å². The van der Waals surface area contributed by atoms with Gasteiger partial charge >= 0.3 is 0 Å². The topological polar surface area (TPSA) is 102 Å². The highest BCUT2D eigenvalue weighted by atomic mass is 32.2. The second kappa shape index (κ2) is 9.72. The number of fused-ring (bicyclic) bond motifs is 1. The fraction of sp³-hybridized carbons (Fsp3) is 0.478. The zero-order valence-electron chi connectivity index (χ0n) is 19.3. The Hall–Kier alpha value is -2.59. The zero-order chi connectivity index (χ0) is 23.6. The maximum absolute atomic E-state index is 12.6. The summed E-state index contributed by atoms with van der Waals surface area (Å²) < 4.78 is 7.29. The van der Waals surface area contributed by atoms with Gasteiger partial charge in [-0.2, -0.15) is 0 Å². The first kappa shape index (κ1) is 23.6. The van der Waals surface area contributed by atoms with Crippen LogP contribution in [-0.4, -0.2) is 32.3 Å². The summed E-state index contributed by atoms with van der Waals surface area (Å²) in [7, 11) is 0. The third-order valence-corrected chi connectivity index (χ3v) is 8.16. The molecule has 1 aliphatic carbocycles. The third-order valence-electron chi connectivity index (χ3n) is 5.95. The number of carbonyl (C=O) groups is 2. The number of amides is 2. The molecular formula is C23H29N5O3S2. The van der Waals surface area contributed by atoms with Crippen molar-refractivity contribution in [2.45, 2.75) is 58.7 Å². The molecule has 2 amide bonds. The Balaban J connectivity index is 1.30. The Bertz CT molecular complexity index is 1130. The van der Waals surface area contributed by atoms with Gasteiger partial charge in [0.1, 0.15) is 0 Å². The van der Waals surface area contributed by atoms with Crippen LogP contribution in [0.4, 0.5) is 0 Å². The first-order chi connectivity index (χ1) is 15.8. The van der Waals surface area contributed by atoms with Crippen molar-refractivity contribution in [1.29, 1.82) is 0 Å². The smallest absolute Gasteiger partial charge is 0.279 e. The van der Waals surface area contributed by atoms with Crippen molar-refractivity contribution < 1.29 is 14.0 Å². The van der Waals surface area contributed by atoms with E-state index in [0.717, 1.165) is 19.3 Å². The van der Waals surface area contributed by atoms with Crippen LogP contribution in [0.15, 0.2) is 34.0 Å². The maximum atomic E-state index is 12.6. The van der Waals surface area contributed by atoms with Crippen LogP contribution in [0.2, 0.25) is 0 Å². The zero-order valence-corrected chi connectivity index (χ0v) is 20.9. The Kier molecular flexibility index (Phi) is 6.94. The van der Waals surface area contributed by atoms with Crippen LogP contribution in [0, 0.1) is 11.3 Å². The number of hydrogen-bond acceptors (Lipinski definition) is 7. The summed E-state index contributed by atoms with van der Waals surface area (Å²) in [6, 6.07) is 5.59. The lowest BCUT2D eigenvalue weighted by Gasteiger charge is -2.33. The lowest BCUT2D eigenvalue weighted by molar-refractivity contribution is -0.119. The van der Waals surface area contributed by atoms with Crippen LogP contribution in [0.5, 0.6) is 0 Å². The van der Waals surface area contributed by atoms with Crippen molar-refractivity contribution in [2.24, 2.45) is 11.3 Å². The first-order valence-electron chi connectivity index (χ1n) is 11.1. The molecule has 10 heteroatoms. The van der Waals surface area contributed by atoms with Crippen LogP contribution in [0.3, 0.4) is 0 Å². The molecule has 0 spiro atoms. The molecule has 0 radical (unpaired) electrons. The van der Waals surface area contributed by atoms with Gasteiger partial charge in [-0.25, -0.2) is 0 Å². The van der Waals surface area contributed by atoms with E-state index < -0.39 is 0 Å². The predicted molar refractivity (Wildman–Crippen MR) is 129 cm³/mol. The molecule has 3 aromatic heterocycles. The van der Waals surface area contributed by atoms with Gasteiger partial charge in [-0.3, -0.25) is 25.0 Å². The summed E-state index contributed by atoms with van der Waals surface area (Å²) in [6.07, 6.45) is 4.75. The molecule has 0 fully saturated rings. The van der Waals surface area contributed by atoms with E-state index in [1.165, 1.54) is 33.5 Å². The fourth-order valence-corrected chi connectivity index (χ4v) is 5.90. The highest BCUT2D eigenvalue weighted by Gasteiger charge is 2.30. The van der Waals surface area contributed by atoms with E-state index in [2.05, 4.69) is 41.8 Å². The highest BCUT2D eigenvalue weighted by Crippen LogP contribution is 2.40. The number of furan rings is 1. The molecule has 0 aliphatic heterocycles. The van der Waals surface area contributed by atoms with Gasteiger partial charge in [-0.15, -0.1) is 21.5 Å². The molecule has 4 rings (SSSR count). The number of thiophene rings is 1. The quantitative estimate of drug-likeness (QED) is 0.397. The molecule has 0 aromatic carbocycles. The lowest BCUT2D eigenvalue weighted by Crippen LogP contribution is -2.42. The standard InChI is InChI=1S/C23H29N5O3S2/c1-5-28-20(16-7-6-10-31-16)25-27-22(28)32-13-19(29)24-26-21(30)18-12-14-11-15(23(2,3)4)8-9-17(14)33-18/h6-7,10,12,15H,5,8-9,11,13H2,1-4H3,(H,24,29)(H,26,30). The number of nitrogens with zero attached hydrogens (tertiary/aromatic N) is 3. The molecule has 8 nitrogen and oxygen atoms in total. The SMILES string of the molecule is CCn1c(SCC(=O)NNC(=O)c2cc3c(s2)CCC(C(C)(C)C)C3)nnc1-c1ccco1. The molecule has 2 N–H and O–H groups in total. The summed E-state index contributed by atoms with van der Waals surface area (Å²) >= 11 is 2.78. The number of hydrazine groups is 1. The largest absolute Gasteiger partial charge is 0.461 e. The van der Waals surface area contributed by atoms with E-state index >= 15 is 0 Å². The van der Waals surface area contributed by atoms with Crippen LogP contribution in [0.1, 0.15) is 54.2 Å². The summed E-state index contributed by atoms with van der Waals surface area (Å²) in [5.74, 6) is 1.37. The van der Waals surface area contributed by atoms with Crippen LogP contribution >= 0.6 is 23.1 Å². The molecule has 176 valence electrons. The number of nitrogens with one attached hydrogen (secondary N) is 2. The van der Waals surface area contributed by atoms with E-state index in [4.69, 9.17) is 4.42 Å². The van der Waals surface area contributed by atoms with E-state index in [-0.39, 0.29) is 23.0 Å². The minimum absolute atomic E-state index is 0.102. The molecule has 3 heterocycles. The van der Waals surface area contributed by atoms with Gasteiger partial charge in [-0.05, 0) is 61.3 Å². The van der Waals surface area contributed by atoms with E-state index in [1.807, 2.05) is 23.6 Å². The minimum atomic E-state index is -0.312. The van der Waals surface area contributed by atoms with E-state index in [0.29, 0.717) is 34.1 Å². The lowest BCUT2D eigenvalue weighted by atomic mass is 9.72. The molecule has 1 unspecified atom stereocenters. The molecule has 3 aromatic rings. The van der Waals surface area contributed by atoms with Gasteiger partial charge in [-0.1, -0.05) is 32.5 Å². The van der Waals surface area contributed by atoms with Crippen LogP contribution in [-0.2, 0) is 24.2 Å². The van der Waals surface area contributed by atoms with Crippen LogP contribution in [0.25, 0.3) is 11.6 Å². The van der Waals surface area contributed by atoms with E-state index in [1.54, 1.807) is 12.3 Å². The molecule has 0 bridgehead atoms. The Morgan fingerprint density at radius 1 is 1.30 bits per heavy atom. The molecule has 33 heavy (non-hydrogen) atoms. The molecule has 0 saturated heterocycles. The Morgan fingerprint density at radius 2 is 2.12 bits per heavy atom. The number of carbonyl (C=O) groups excluding carboxylic acids is 2. The number of aromatic nitrogens is 3. The fourth-order valence-electron chi connectivity index (χ4n) is 4.00. The van der Waals surface area contributed by atoms with Crippen molar-refractivity contribution in [1.82, 2.24) is 25.6 Å². The van der Waals surface area contributed by atoms with Gasteiger partial charge in [0, 0.05) is 11.4 Å². The van der Waals surface area contributed by atoms with Gasteiger partial charge in [0.05, 0.1) is 16.9 Å². The number of rotatable bonds is 6. The highest BCUT2D eigenvalue weighted by molar-refractivity contribution is 7.99. The summed E-state index contributed by atoms with van der Waals surface area (Å²) in [5, 5.41) is 8.96. The van der Waals surface area contributed by atoms with Crippen molar-refractivity contribution in [2.75, 3.05) is 5.75 Å². The average molecular weight is 488 g/mol. The second-order valence-corrected chi connectivity index (χ2v) is 11.3. The number of hydrogen-bond donors (Lipinski definition) is 2. The first-order valence-corrected chi connectivity index (χ1v) is 12.9. The van der Waals surface area contributed by atoms with Crippen molar-refractivity contribution in [3.8, 4) is 11.6 Å².